The standard InChI is InChI=1S/C14H28O2.C12H24O2.Ba.Li.3H/c1-2-3-4-5-6-7-8-9-10-11-12-13-14(15)16;1-2-3-4-5-6-7-8-9-10-11-12(13)14;;;;;/h2-13H2,1H3,(H,15,16);2-11H2,1H3,(H,13,14);;;;;/q;;+2;+1;3*-1. The molecule has 0 radical (unpaired) electrons. The first-order chi connectivity index (χ1) is 14.5. The number of carboxylic acids is 2. The van der Waals surface area contributed by atoms with Crippen LogP contribution in [0.5, 0.6) is 0 Å². The van der Waals surface area contributed by atoms with E-state index >= 15 is 0 Å². The number of carbonyl (C=O) groups is 2. The van der Waals surface area contributed by atoms with Crippen molar-refractivity contribution in [3.05, 3.63) is 0 Å². The van der Waals surface area contributed by atoms with Gasteiger partial charge in [0.25, 0.3) is 0 Å². The Morgan fingerprint density at radius 2 is 0.656 bits per heavy atom. The molecule has 0 spiro atoms. The number of unbranched alkanes of at least 4 members (excludes halogenated alkanes) is 18. The number of aliphatic carboxylic acids is 2. The molecule has 0 amide bonds. The fourth-order valence-corrected chi connectivity index (χ4v) is 3.53. The molecule has 0 aliphatic heterocycles. The second-order valence-electron chi connectivity index (χ2n) is 8.65. The number of hydrogen-bond acceptors (Lipinski definition) is 2. The van der Waals surface area contributed by atoms with Gasteiger partial charge in [0, 0.05) is 12.8 Å². The number of rotatable bonds is 22. The number of hydrogen-bond donors (Lipinski definition) is 2. The quantitative estimate of drug-likeness (QED) is 0.128. The first-order valence-electron chi connectivity index (χ1n) is 13.0. The third-order valence-electron chi connectivity index (χ3n) is 5.49. The van der Waals surface area contributed by atoms with Gasteiger partial charge in [0.2, 0.25) is 0 Å². The molecule has 0 unspecified atom stereocenters. The summed E-state index contributed by atoms with van der Waals surface area (Å²) >= 11 is 0. The molecule has 0 aliphatic carbocycles. The van der Waals surface area contributed by atoms with E-state index in [2.05, 4.69) is 13.8 Å². The fourth-order valence-electron chi connectivity index (χ4n) is 3.53. The van der Waals surface area contributed by atoms with Crippen LogP contribution in [0.25, 0.3) is 0 Å². The molecular formula is C26H55BaLiO4. The Morgan fingerprint density at radius 3 is 0.844 bits per heavy atom. The van der Waals surface area contributed by atoms with Crippen molar-refractivity contribution in [2.45, 2.75) is 155 Å². The van der Waals surface area contributed by atoms with E-state index in [1.54, 1.807) is 0 Å². The summed E-state index contributed by atoms with van der Waals surface area (Å²) in [7, 11) is 0. The summed E-state index contributed by atoms with van der Waals surface area (Å²) < 4.78 is 0. The van der Waals surface area contributed by atoms with E-state index in [0.29, 0.717) is 12.8 Å². The topological polar surface area (TPSA) is 74.6 Å². The maximum atomic E-state index is 10.3. The second kappa shape index (κ2) is 36.7. The van der Waals surface area contributed by atoms with Crippen LogP contribution in [0.15, 0.2) is 0 Å². The summed E-state index contributed by atoms with van der Waals surface area (Å²) in [5.41, 5.74) is 0. The van der Waals surface area contributed by atoms with Crippen molar-refractivity contribution in [1.82, 2.24) is 0 Å². The van der Waals surface area contributed by atoms with Crippen LogP contribution in [0.4, 0.5) is 0 Å². The van der Waals surface area contributed by atoms with Gasteiger partial charge < -0.3 is 14.5 Å². The van der Waals surface area contributed by atoms with Crippen LogP contribution in [0.3, 0.4) is 0 Å². The molecule has 0 aromatic heterocycles. The van der Waals surface area contributed by atoms with Gasteiger partial charge in [0.05, 0.1) is 0 Å². The van der Waals surface area contributed by atoms with Crippen LogP contribution in [0.2, 0.25) is 0 Å². The Balaban J connectivity index is -0.0000000789. The van der Waals surface area contributed by atoms with Crippen LogP contribution in [-0.2, 0) is 9.59 Å². The van der Waals surface area contributed by atoms with Crippen LogP contribution >= 0.6 is 0 Å². The van der Waals surface area contributed by atoms with Crippen LogP contribution < -0.4 is 18.9 Å². The van der Waals surface area contributed by atoms with E-state index in [1.165, 1.54) is 103 Å². The monoisotopic (exact) mass is 576 g/mol. The summed E-state index contributed by atoms with van der Waals surface area (Å²) in [5.74, 6) is -1.32. The van der Waals surface area contributed by atoms with E-state index in [9.17, 15) is 9.59 Å². The van der Waals surface area contributed by atoms with Gasteiger partial charge in [-0.1, -0.05) is 129 Å². The summed E-state index contributed by atoms with van der Waals surface area (Å²) in [4.78, 5) is 20.5. The van der Waals surface area contributed by atoms with Crippen molar-refractivity contribution in [3.63, 3.8) is 0 Å². The molecule has 32 heavy (non-hydrogen) atoms. The van der Waals surface area contributed by atoms with Crippen molar-refractivity contribution in [2.24, 2.45) is 0 Å². The number of carboxylic acid groups (broad SMARTS) is 2. The first kappa shape index (κ1) is 40.3. The minimum atomic E-state index is -0.659. The second-order valence-corrected chi connectivity index (χ2v) is 8.65. The van der Waals surface area contributed by atoms with E-state index < -0.39 is 11.9 Å². The molecule has 0 aliphatic rings. The van der Waals surface area contributed by atoms with Crippen LogP contribution in [0.1, 0.15) is 159 Å². The predicted octanol–water partition coefficient (Wildman–Crippen LogP) is 5.72. The Bertz CT molecular complexity index is 383. The van der Waals surface area contributed by atoms with E-state index in [1.807, 2.05) is 0 Å². The molecule has 0 fully saturated rings. The molecule has 0 saturated heterocycles. The maximum absolute atomic E-state index is 10.3. The van der Waals surface area contributed by atoms with Crippen molar-refractivity contribution < 1.29 is 42.9 Å². The molecule has 2 N–H and O–H groups in total. The third-order valence-corrected chi connectivity index (χ3v) is 5.49. The molecule has 186 valence electrons. The summed E-state index contributed by atoms with van der Waals surface area (Å²) in [6.45, 7) is 4.48. The molecule has 4 nitrogen and oxygen atoms in total. The zero-order chi connectivity index (χ0) is 22.7. The zero-order valence-corrected chi connectivity index (χ0v) is 26.4. The van der Waals surface area contributed by atoms with Crippen molar-refractivity contribution in [1.29, 1.82) is 0 Å². The average molecular weight is 576 g/mol. The Kier molecular flexibility index (Phi) is 46.2. The van der Waals surface area contributed by atoms with Crippen molar-refractivity contribution in [2.75, 3.05) is 0 Å². The van der Waals surface area contributed by atoms with Gasteiger partial charge in [0.15, 0.2) is 0 Å². The van der Waals surface area contributed by atoms with Gasteiger partial charge in [-0.05, 0) is 12.8 Å². The Labute approximate surface area is 256 Å². The minimum absolute atomic E-state index is 0. The minimum Gasteiger partial charge on any atom is -1.00 e. The molecule has 0 heterocycles. The molecule has 0 saturated carbocycles. The molecule has 0 aromatic carbocycles. The molecule has 0 rings (SSSR count). The van der Waals surface area contributed by atoms with Crippen molar-refractivity contribution in [3.8, 4) is 0 Å². The van der Waals surface area contributed by atoms with E-state index in [-0.39, 0.29) is 72.0 Å². The smallest absolute Gasteiger partial charge is 1.00 e. The third kappa shape index (κ3) is 44.7. The van der Waals surface area contributed by atoms with Crippen LogP contribution in [-0.4, -0.2) is 71.0 Å². The molecule has 0 bridgehead atoms. The van der Waals surface area contributed by atoms with E-state index in [4.69, 9.17) is 10.2 Å². The predicted molar refractivity (Wildman–Crippen MR) is 137 cm³/mol. The molecule has 6 heteroatoms. The zero-order valence-electron chi connectivity index (χ0n) is 25.0. The molecule has 0 aromatic rings. The van der Waals surface area contributed by atoms with Crippen LogP contribution in [0, 0.1) is 0 Å². The normalized spacial score (nSPS) is 9.81. The van der Waals surface area contributed by atoms with Gasteiger partial charge in [0.1, 0.15) is 0 Å². The fraction of sp³-hybridized carbons (Fsp3) is 0.923. The van der Waals surface area contributed by atoms with Gasteiger partial charge >= 0.3 is 79.7 Å². The SMILES string of the molecule is CCCCCCCCCCCC(=O)O.CCCCCCCCCCCCCC(=O)O.[Ba+2].[H-].[H-].[H-].[Li+]. The summed E-state index contributed by atoms with van der Waals surface area (Å²) in [5, 5.41) is 16.9. The Morgan fingerprint density at radius 1 is 0.469 bits per heavy atom. The van der Waals surface area contributed by atoms with Crippen molar-refractivity contribution >= 4 is 60.8 Å². The van der Waals surface area contributed by atoms with Gasteiger partial charge in [-0.25, -0.2) is 0 Å². The largest absolute Gasteiger partial charge is 2.00 e. The van der Waals surface area contributed by atoms with Gasteiger partial charge in [-0.2, -0.15) is 0 Å². The van der Waals surface area contributed by atoms with E-state index in [0.717, 1.165) is 25.7 Å². The molecule has 0 atom stereocenters. The molecular weight excluding hydrogens is 521 g/mol. The van der Waals surface area contributed by atoms with Gasteiger partial charge in [-0.15, -0.1) is 0 Å². The first-order valence-corrected chi connectivity index (χ1v) is 13.0. The average Bonchev–Trinajstić information content (AvgIpc) is 2.71. The maximum Gasteiger partial charge on any atom is 2.00 e. The summed E-state index contributed by atoms with van der Waals surface area (Å²) in [6, 6.07) is 0. The summed E-state index contributed by atoms with van der Waals surface area (Å²) in [6.07, 6.45) is 25.8. The Hall–Kier alpha value is 1.11. The van der Waals surface area contributed by atoms with Gasteiger partial charge in [-0.3, -0.25) is 9.59 Å².